The molecule has 2 fully saturated rings. The molecule has 6 N–H and O–H groups in total. The number of nitrogens with one attached hydrogen (secondary N) is 2. The van der Waals surface area contributed by atoms with E-state index in [0.29, 0.717) is 5.56 Å². The molecule has 0 bridgehead atoms. The van der Waals surface area contributed by atoms with Gasteiger partial charge in [0.2, 0.25) is 29.9 Å². The van der Waals surface area contributed by atoms with Gasteiger partial charge >= 0.3 is 11.9 Å². The molecule has 2 unspecified atom stereocenters. The molecule has 50 heavy (non-hydrogen) atoms. The Kier molecular flexibility index (Phi) is 15.5. The van der Waals surface area contributed by atoms with Crippen LogP contribution < -0.4 is 15.4 Å². The second-order valence-electron chi connectivity index (χ2n) is 12.1. The molecule has 4 amide bonds. The zero-order chi connectivity index (χ0) is 37.0. The average molecular weight is 712 g/mol. The number of likely N-dealkylation sites (tertiary alicyclic amines) is 1. The van der Waals surface area contributed by atoms with Gasteiger partial charge in [-0.2, -0.15) is 0 Å². The Morgan fingerprint density at radius 3 is 2.30 bits per heavy atom. The maximum absolute atomic E-state index is 12.8. The van der Waals surface area contributed by atoms with Gasteiger partial charge in [0.15, 0.2) is 6.10 Å². The summed E-state index contributed by atoms with van der Waals surface area (Å²) in [5.74, 6) is -4.25. The number of nitrogens with zero attached hydrogens (tertiary/aromatic N) is 1. The largest absolute Gasteiger partial charge is 0.479 e. The van der Waals surface area contributed by atoms with Crippen molar-refractivity contribution in [3.05, 3.63) is 23.8 Å². The van der Waals surface area contributed by atoms with Crippen molar-refractivity contribution in [2.24, 2.45) is 11.8 Å². The first-order chi connectivity index (χ1) is 23.7. The number of carboxylic acid groups (broad SMARTS) is 1. The Labute approximate surface area is 287 Å². The van der Waals surface area contributed by atoms with Gasteiger partial charge in [0.05, 0.1) is 44.6 Å². The molecule has 2 heterocycles. The number of carbonyl (C=O) groups excluding carboxylic acids is 5. The van der Waals surface area contributed by atoms with E-state index in [0.717, 1.165) is 0 Å². The van der Waals surface area contributed by atoms with Crippen LogP contribution in [0.25, 0.3) is 0 Å². The van der Waals surface area contributed by atoms with Gasteiger partial charge in [-0.25, -0.2) is 4.79 Å². The number of carboxylic acids is 1. The van der Waals surface area contributed by atoms with Crippen molar-refractivity contribution < 1.29 is 72.9 Å². The van der Waals surface area contributed by atoms with Crippen molar-refractivity contribution in [2.75, 3.05) is 44.8 Å². The molecule has 0 aromatic heterocycles. The highest BCUT2D eigenvalue weighted by molar-refractivity contribution is 6.03. The average Bonchev–Trinajstić information content (AvgIpc) is 3.31. The number of amides is 4. The van der Waals surface area contributed by atoms with E-state index in [9.17, 15) is 49.2 Å². The minimum absolute atomic E-state index is 0.00696. The summed E-state index contributed by atoms with van der Waals surface area (Å²) in [7, 11) is 0. The van der Waals surface area contributed by atoms with Crippen molar-refractivity contribution in [3.63, 3.8) is 0 Å². The van der Waals surface area contributed by atoms with Gasteiger partial charge in [-0.15, -0.1) is 0 Å². The fourth-order valence-corrected chi connectivity index (χ4v) is 4.81. The Balaban J connectivity index is 1.45. The molecule has 6 atom stereocenters. The number of hydrogen-bond donors (Lipinski definition) is 6. The monoisotopic (exact) mass is 711 g/mol. The minimum atomic E-state index is -1.93. The fraction of sp³-hybridized carbons (Fsp3) is 0.625. The molecule has 1 aromatic rings. The first-order valence-corrected chi connectivity index (χ1v) is 16.1. The molecule has 1 aromatic carbocycles. The second-order valence-corrected chi connectivity index (χ2v) is 12.1. The van der Waals surface area contributed by atoms with Crippen LogP contribution in [0.1, 0.15) is 45.6 Å². The zero-order valence-electron chi connectivity index (χ0n) is 28.1. The van der Waals surface area contributed by atoms with Gasteiger partial charge in [0.1, 0.15) is 30.7 Å². The predicted octanol–water partition coefficient (Wildman–Crippen LogP) is -1.08. The Bertz CT molecular complexity index is 1370. The van der Waals surface area contributed by atoms with Crippen LogP contribution in [0.3, 0.4) is 0 Å². The quantitative estimate of drug-likeness (QED) is 0.0567. The number of aliphatic carboxylic acids is 1. The predicted molar refractivity (Wildman–Crippen MR) is 169 cm³/mol. The van der Waals surface area contributed by atoms with Crippen molar-refractivity contribution >= 4 is 41.3 Å². The molecule has 0 spiro atoms. The van der Waals surface area contributed by atoms with Crippen molar-refractivity contribution in [2.45, 2.75) is 77.3 Å². The van der Waals surface area contributed by atoms with Crippen LogP contribution in [-0.4, -0.2) is 131 Å². The molecule has 0 saturated carbocycles. The van der Waals surface area contributed by atoms with E-state index >= 15 is 0 Å². The van der Waals surface area contributed by atoms with Gasteiger partial charge < -0.3 is 54.7 Å². The van der Waals surface area contributed by atoms with E-state index in [1.54, 1.807) is 20.8 Å². The zero-order valence-corrected chi connectivity index (χ0v) is 28.1. The molecule has 18 nitrogen and oxygen atoms in total. The van der Waals surface area contributed by atoms with E-state index in [1.165, 1.54) is 23.1 Å². The van der Waals surface area contributed by atoms with Gasteiger partial charge in [0, 0.05) is 31.7 Å². The molecule has 278 valence electrons. The summed E-state index contributed by atoms with van der Waals surface area (Å²) in [5, 5.41) is 45.0. The maximum Gasteiger partial charge on any atom is 0.335 e. The normalized spacial score (nSPS) is 23.5. The van der Waals surface area contributed by atoms with Crippen molar-refractivity contribution in [3.8, 4) is 5.75 Å². The summed E-state index contributed by atoms with van der Waals surface area (Å²) < 4.78 is 26.8. The van der Waals surface area contributed by atoms with Gasteiger partial charge in [0.25, 0.3) is 0 Å². The lowest BCUT2D eigenvalue weighted by Gasteiger charge is -2.38. The van der Waals surface area contributed by atoms with Crippen molar-refractivity contribution in [1.29, 1.82) is 0 Å². The topological polar surface area (TPSA) is 257 Å². The maximum atomic E-state index is 12.8. The first-order valence-electron chi connectivity index (χ1n) is 16.1. The van der Waals surface area contributed by atoms with Crippen LogP contribution in [0.5, 0.6) is 5.75 Å². The lowest BCUT2D eigenvalue weighted by Crippen LogP contribution is -2.61. The third kappa shape index (κ3) is 11.7. The van der Waals surface area contributed by atoms with E-state index in [1.807, 2.05) is 0 Å². The smallest absolute Gasteiger partial charge is 0.335 e. The van der Waals surface area contributed by atoms with E-state index < -0.39 is 48.6 Å². The number of anilines is 1. The molecule has 2 aliphatic rings. The third-order valence-electron chi connectivity index (χ3n) is 7.68. The Morgan fingerprint density at radius 1 is 0.960 bits per heavy atom. The Hall–Kier alpha value is -4.20. The van der Waals surface area contributed by atoms with Gasteiger partial charge in [-0.05, 0) is 17.7 Å². The fourth-order valence-electron chi connectivity index (χ4n) is 4.81. The number of aliphatic hydroxyl groups excluding tert-OH is 3. The number of rotatable bonds is 19. The molecule has 2 saturated heterocycles. The van der Waals surface area contributed by atoms with Crippen LogP contribution in [0, 0.1) is 11.8 Å². The molecule has 18 heteroatoms. The number of benzene rings is 1. The number of esters is 1. The summed E-state index contributed by atoms with van der Waals surface area (Å²) in [4.78, 5) is 73.3. The van der Waals surface area contributed by atoms with Crippen LogP contribution in [-0.2, 0) is 54.3 Å². The van der Waals surface area contributed by atoms with Crippen LogP contribution in [0.4, 0.5) is 5.69 Å². The standard InChI is InChI=1S/C32H45N3O15/c1-17(2)31(45)48-16-19-4-5-21(49-32-27(41)25(39)26(40)28(50-32)30(43)44)20(15-19)34-23(37)6-8-33-22(36)7-10-46-12-13-47-11-9-35-24(38)14-18(3)29(35)42/h4-5,15,17-18,25-28,32,39-41H,6-14,16H2,1-3H3,(H,33,36)(H,34,37)(H,43,44)/t18?,25-,26-,27+,28-,32?/m0/s1. The lowest BCUT2D eigenvalue weighted by atomic mass is 9.99. The summed E-state index contributed by atoms with van der Waals surface area (Å²) in [6.45, 7) is 5.64. The summed E-state index contributed by atoms with van der Waals surface area (Å²) >= 11 is 0. The summed E-state index contributed by atoms with van der Waals surface area (Å²) in [6.07, 6.45) is -9.34. The minimum Gasteiger partial charge on any atom is -0.479 e. The number of ether oxygens (including phenoxy) is 5. The molecular formula is C32H45N3O15. The molecule has 3 rings (SSSR count). The second kappa shape index (κ2) is 19.3. The van der Waals surface area contributed by atoms with Gasteiger partial charge in [-0.1, -0.05) is 26.8 Å². The highest BCUT2D eigenvalue weighted by Crippen LogP contribution is 2.31. The van der Waals surface area contributed by atoms with E-state index in [2.05, 4.69) is 10.6 Å². The number of aliphatic hydroxyl groups is 3. The molecule has 0 radical (unpaired) electrons. The molecule has 0 aliphatic carbocycles. The summed E-state index contributed by atoms with van der Waals surface area (Å²) in [5.41, 5.74) is 0.460. The lowest BCUT2D eigenvalue weighted by molar-refractivity contribution is -0.271. The van der Waals surface area contributed by atoms with E-state index in [4.69, 9.17) is 23.7 Å². The Morgan fingerprint density at radius 2 is 1.66 bits per heavy atom. The van der Waals surface area contributed by atoms with Gasteiger partial charge in [-0.3, -0.25) is 28.9 Å². The number of imide groups is 1. The van der Waals surface area contributed by atoms with Crippen LogP contribution in [0.2, 0.25) is 0 Å². The molecule has 2 aliphatic heterocycles. The van der Waals surface area contributed by atoms with Crippen LogP contribution in [0.15, 0.2) is 18.2 Å². The van der Waals surface area contributed by atoms with Crippen molar-refractivity contribution in [1.82, 2.24) is 10.2 Å². The number of hydrogen-bond acceptors (Lipinski definition) is 14. The molecular weight excluding hydrogens is 666 g/mol. The highest BCUT2D eigenvalue weighted by atomic mass is 16.7. The highest BCUT2D eigenvalue weighted by Gasteiger charge is 2.48. The summed E-state index contributed by atoms with van der Waals surface area (Å²) in [6, 6.07) is 4.25. The number of carbonyl (C=O) groups is 6. The van der Waals surface area contributed by atoms with Crippen LogP contribution >= 0.6 is 0 Å². The van der Waals surface area contributed by atoms with E-state index in [-0.39, 0.29) is 106 Å². The SMILES string of the molecule is CC(C)C(=O)OCc1ccc(OC2O[C@H](C(=O)O)[C@@H](O)[C@H](O)[C@H]2O)c(NC(=O)CCNC(=O)CCOCCOCCN2C(=O)CC(C)C2=O)c1. The third-order valence-corrected chi connectivity index (χ3v) is 7.68. The first kappa shape index (κ1) is 40.2.